The fraction of sp³-hybridized carbons (Fsp3) is 0.180. The lowest BCUT2D eigenvalue weighted by Gasteiger charge is -2.25. The first-order valence-electron chi connectivity index (χ1n) is 38.9. The van der Waals surface area contributed by atoms with Crippen LogP contribution in [-0.2, 0) is 66.2 Å². The molecule has 2 aliphatic rings. The molecule has 2 amide bonds. The van der Waals surface area contributed by atoms with E-state index in [4.69, 9.17) is 17.6 Å². The van der Waals surface area contributed by atoms with E-state index in [1.807, 2.05) is 168 Å². The molecule has 9 rings (SSSR count). The molecule has 0 fully saturated rings. The van der Waals surface area contributed by atoms with E-state index in [1.54, 1.807) is 0 Å². The van der Waals surface area contributed by atoms with E-state index in [-0.39, 0.29) is 31.2 Å². The number of carbonyl (C=O) groups excluding carboxylic acids is 2. The van der Waals surface area contributed by atoms with E-state index in [9.17, 15) is 9.59 Å². The van der Waals surface area contributed by atoms with Gasteiger partial charge >= 0.3 is 0 Å². The van der Waals surface area contributed by atoms with Gasteiger partial charge in [-0.25, -0.2) is 0 Å². The van der Waals surface area contributed by atoms with Crippen LogP contribution < -0.4 is 20.3 Å². The number of carbonyl (C=O) groups is 2. The lowest BCUT2D eigenvalue weighted by molar-refractivity contribution is -0.332. The summed E-state index contributed by atoms with van der Waals surface area (Å²) in [6.45, 7) is 13.5. The zero-order valence-corrected chi connectivity index (χ0v) is 68.8. The Kier molecular flexibility index (Phi) is 37.5. The van der Waals surface area contributed by atoms with Crippen LogP contribution in [0.4, 0.5) is 11.4 Å². The SMILES string of the molecule is C#CC#CC#CC#CC#CC#CC#CC#CC#CC#CC#CN1/C(=C/C=C/C=C/C2=[N+](C#CC#CC#CC#CC#CC#CC#CC#CC#CC#CC#C)c3ccccc3C2(C)C)C(C)(C)c2cc(CNC(=O)CCCC(=O)NCCCCOc3cc(CN(Cc4ccccn4)Cc4ccccn4)cc(CN(Cc4ccccn4)Cc4ccccn4)c3)ccc21. The first-order valence-corrected chi connectivity index (χ1v) is 38.9. The number of benzene rings is 3. The van der Waals surface area contributed by atoms with Gasteiger partial charge in [0.05, 0.1) is 46.4 Å². The standard InChI is InChI=1S/C111H74N10O3/c1-7-9-11-13-15-17-19-21-23-25-27-29-31-33-35-37-39-41-43-59-80-120-104-68-49-48-67-102(104)110(3,4)106(120)69-46-45-47-70-107-111(5,6)103-86-94(73-74-105(103)121(107)81-60-44-42-40-38-36-34-32-30-28-26-24-22-20-18-16-14-12-10-8-2)87-117-109(123)72-62-71-108(122)116-79-58-61-82-124-101-84-95(88-118(90-97-63-50-54-75-112-97)91-98-64-51-55-76-113-98)83-96(85-101)89-119(92-99-65-52-56-77-114-99)93-100-66-53-57-78-115-100/h1-2,45-57,63-70,73-78,83-86H,58,61-62,71-72,79,82,87-93H2,3-6H3,(H-,116,117,122,123)/p+1. The number of nitrogens with one attached hydrogen (secondary N) is 2. The zero-order chi connectivity index (χ0) is 87.0. The molecule has 0 saturated heterocycles. The number of para-hydroxylation sites is 1. The lowest BCUT2D eigenvalue weighted by Crippen LogP contribution is -2.26. The molecule has 124 heavy (non-hydrogen) atoms. The van der Waals surface area contributed by atoms with Gasteiger partial charge in [0.25, 0.3) is 0 Å². The summed E-state index contributed by atoms with van der Waals surface area (Å²) in [6.07, 6.45) is 29.5. The number of terminal acetylenes is 2. The molecule has 2 N–H and O–H groups in total. The van der Waals surface area contributed by atoms with Gasteiger partial charge in [0, 0.05) is 261 Å². The van der Waals surface area contributed by atoms with E-state index < -0.39 is 10.8 Å². The van der Waals surface area contributed by atoms with E-state index in [0.717, 1.165) is 79.1 Å². The van der Waals surface area contributed by atoms with E-state index in [2.05, 4.69) is 347 Å². The maximum atomic E-state index is 13.4. The number of rotatable bonds is 27. The number of unbranched alkanes of at least 4 members (excludes halogenated alkanes) is 1. The third kappa shape index (κ3) is 31.9. The molecule has 13 nitrogen and oxygen atoms in total. The number of allylic oxidation sites excluding steroid dienone is 6. The number of hydrogen-bond acceptors (Lipinski definition) is 10. The molecule has 0 bridgehead atoms. The minimum atomic E-state index is -0.573. The van der Waals surface area contributed by atoms with Crippen LogP contribution in [0.2, 0.25) is 0 Å². The molecule has 6 heterocycles. The van der Waals surface area contributed by atoms with E-state index in [0.29, 0.717) is 71.7 Å². The van der Waals surface area contributed by atoms with Crippen LogP contribution in [0.1, 0.15) is 110 Å². The minimum Gasteiger partial charge on any atom is -0.494 e. The number of aromatic nitrogens is 4. The van der Waals surface area contributed by atoms with Crippen molar-refractivity contribution < 1.29 is 18.9 Å². The van der Waals surface area contributed by atoms with Gasteiger partial charge in [0.2, 0.25) is 29.3 Å². The Bertz CT molecular complexity index is 6640. The third-order valence-corrected chi connectivity index (χ3v) is 17.8. The Morgan fingerprint density at radius 1 is 0.419 bits per heavy atom. The Balaban J connectivity index is 0.821. The molecule has 0 unspecified atom stereocenters. The fourth-order valence-electron chi connectivity index (χ4n) is 12.3. The van der Waals surface area contributed by atoms with Crippen LogP contribution in [0.3, 0.4) is 0 Å². The van der Waals surface area contributed by atoms with Crippen molar-refractivity contribution in [1.82, 2.24) is 40.4 Å². The number of ether oxygens (including phenoxy) is 1. The molecule has 586 valence electrons. The van der Waals surface area contributed by atoms with Gasteiger partial charge in [-0.3, -0.25) is 44.2 Å². The van der Waals surface area contributed by atoms with E-state index >= 15 is 0 Å². The highest BCUT2D eigenvalue weighted by molar-refractivity contribution is 6.03. The normalized spacial score (nSPS) is 11.1. The molecular formula is C111H75N10O3+. The molecule has 13 heteroatoms. The number of nitrogens with zero attached hydrogens (tertiary/aromatic N) is 8. The van der Waals surface area contributed by atoms with Gasteiger partial charge < -0.3 is 15.4 Å². The minimum absolute atomic E-state index is 0.117. The Morgan fingerprint density at radius 2 is 0.839 bits per heavy atom. The average Bonchev–Trinajstić information content (AvgIpc) is 1.53. The van der Waals surface area contributed by atoms with Crippen molar-refractivity contribution in [2.24, 2.45) is 0 Å². The summed E-state index contributed by atoms with van der Waals surface area (Å²) in [5.74, 6) is 103. The highest BCUT2D eigenvalue weighted by Gasteiger charge is 2.44. The molecule has 3 aromatic carbocycles. The topological polar surface area (TPSA) is 132 Å². The molecule has 0 aliphatic carbocycles. The quantitative estimate of drug-likeness (QED) is 0.0222. The smallest absolute Gasteiger partial charge is 0.243 e. The second-order valence-corrected chi connectivity index (χ2v) is 27.3. The monoisotopic (exact) mass is 1600 g/mol. The van der Waals surface area contributed by atoms with Crippen molar-refractivity contribution in [2.75, 3.05) is 18.1 Å². The summed E-state index contributed by atoms with van der Waals surface area (Å²) < 4.78 is 8.50. The molecule has 0 spiro atoms. The van der Waals surface area contributed by atoms with Crippen molar-refractivity contribution in [1.29, 1.82) is 0 Å². The molecule has 2 aliphatic heterocycles. The first-order chi connectivity index (χ1) is 60.9. The predicted molar refractivity (Wildman–Crippen MR) is 489 cm³/mol. The van der Waals surface area contributed by atoms with Crippen molar-refractivity contribution >= 4 is 28.9 Å². The maximum absolute atomic E-state index is 13.4. The van der Waals surface area contributed by atoms with Gasteiger partial charge in [-0.2, -0.15) is 0 Å². The number of pyridine rings is 4. The van der Waals surface area contributed by atoms with E-state index in [1.165, 1.54) is 0 Å². The van der Waals surface area contributed by atoms with Gasteiger partial charge in [-0.15, -0.1) is 17.4 Å². The van der Waals surface area contributed by atoms with Crippen molar-refractivity contribution in [3.8, 4) is 268 Å². The predicted octanol–water partition coefficient (Wildman–Crippen LogP) is 11.9. The molecule has 4 aromatic heterocycles. The fourth-order valence-corrected chi connectivity index (χ4v) is 12.3. The van der Waals surface area contributed by atoms with Crippen molar-refractivity contribution in [3.63, 3.8) is 0 Å². The number of hydrogen-bond donors (Lipinski definition) is 2. The summed E-state index contributed by atoms with van der Waals surface area (Å²) in [4.78, 5) is 51.9. The molecular weight excluding hydrogens is 1520 g/mol. The van der Waals surface area contributed by atoms with Crippen LogP contribution >= 0.6 is 0 Å². The third-order valence-electron chi connectivity index (χ3n) is 17.8. The summed E-state index contributed by atoms with van der Waals surface area (Å²) in [5.41, 5.74) is 11.6. The van der Waals surface area contributed by atoms with Gasteiger partial charge in [0.15, 0.2) is 0 Å². The highest BCUT2D eigenvalue weighted by Crippen LogP contribution is 2.48. The van der Waals surface area contributed by atoms with Crippen LogP contribution in [0.15, 0.2) is 194 Å². The van der Waals surface area contributed by atoms with Crippen molar-refractivity contribution in [3.05, 3.63) is 245 Å². The Labute approximate surface area is 730 Å². The second-order valence-electron chi connectivity index (χ2n) is 27.3. The Hall–Kier alpha value is -18.1. The number of anilines is 1. The summed E-state index contributed by atoms with van der Waals surface area (Å²) in [5, 5.41) is 6.13. The summed E-state index contributed by atoms with van der Waals surface area (Å²) in [6, 6.07) is 51.1. The first kappa shape index (κ1) is 89.9. The lowest BCUT2D eigenvalue weighted by atomic mass is 9.81. The summed E-state index contributed by atoms with van der Waals surface area (Å²) >= 11 is 0. The second kappa shape index (κ2) is 51.8. The van der Waals surface area contributed by atoms with Gasteiger partial charge in [-0.1, -0.05) is 92.7 Å². The number of fused-ring (bicyclic) bond motifs is 2. The Morgan fingerprint density at radius 3 is 1.28 bits per heavy atom. The molecule has 7 aromatic rings. The average molecular weight is 1600 g/mol. The van der Waals surface area contributed by atoms with Crippen LogP contribution in [-0.4, -0.2) is 65.0 Å². The molecule has 0 saturated carbocycles. The zero-order valence-electron chi connectivity index (χ0n) is 68.8. The van der Waals surface area contributed by atoms with Crippen LogP contribution in [0, 0.1) is 262 Å². The molecule has 0 atom stereocenters. The summed E-state index contributed by atoms with van der Waals surface area (Å²) in [7, 11) is 0. The van der Waals surface area contributed by atoms with Crippen molar-refractivity contribution in [2.45, 2.75) is 116 Å². The molecule has 0 radical (unpaired) electrons. The largest absolute Gasteiger partial charge is 0.494 e. The van der Waals surface area contributed by atoms with Crippen LogP contribution in [0.25, 0.3) is 0 Å². The highest BCUT2D eigenvalue weighted by atomic mass is 16.5. The maximum Gasteiger partial charge on any atom is 0.243 e. The number of amides is 2. The van der Waals surface area contributed by atoms with Gasteiger partial charge in [-0.05, 0) is 223 Å². The van der Waals surface area contributed by atoms with Gasteiger partial charge in [0.1, 0.15) is 5.75 Å². The van der Waals surface area contributed by atoms with Crippen LogP contribution in [0.5, 0.6) is 5.75 Å².